The maximum absolute atomic E-state index is 13.4. The quantitative estimate of drug-likeness (QED) is 0.847. The van der Waals surface area contributed by atoms with Crippen LogP contribution in [-0.4, -0.2) is 11.3 Å². The van der Waals surface area contributed by atoms with Crippen LogP contribution >= 0.6 is 7.14 Å². The van der Waals surface area contributed by atoms with Crippen molar-refractivity contribution >= 4 is 17.8 Å². The Morgan fingerprint density at radius 3 is 2.11 bits per heavy atom. The molecule has 2 rings (SSSR count). The van der Waals surface area contributed by atoms with Gasteiger partial charge in [-0.15, -0.1) is 0 Å². The van der Waals surface area contributed by atoms with E-state index in [1.54, 1.807) is 24.3 Å². The largest absolute Gasteiger partial charge is 0.508 e. The molecule has 0 aliphatic heterocycles. The molecular formula is C16H19O2P. The summed E-state index contributed by atoms with van der Waals surface area (Å²) in [6, 6.07) is 16.4. The molecule has 0 saturated heterocycles. The topological polar surface area (TPSA) is 37.3 Å². The molecule has 1 atom stereocenters. The first kappa shape index (κ1) is 13.9. The summed E-state index contributed by atoms with van der Waals surface area (Å²) in [6.07, 6.45) is 2.64. The van der Waals surface area contributed by atoms with Gasteiger partial charge in [0.15, 0.2) is 0 Å². The maximum Gasteiger partial charge on any atom is 0.143 e. The van der Waals surface area contributed by atoms with Crippen LogP contribution in [0.25, 0.3) is 0 Å². The van der Waals surface area contributed by atoms with Crippen molar-refractivity contribution in [1.82, 2.24) is 0 Å². The third kappa shape index (κ3) is 3.08. The average Bonchev–Trinajstić information content (AvgIpc) is 2.46. The van der Waals surface area contributed by atoms with Gasteiger partial charge in [0.2, 0.25) is 0 Å². The van der Waals surface area contributed by atoms with E-state index in [4.69, 9.17) is 0 Å². The summed E-state index contributed by atoms with van der Waals surface area (Å²) in [5, 5.41) is 11.1. The Morgan fingerprint density at radius 2 is 1.53 bits per heavy atom. The number of phenols is 1. The van der Waals surface area contributed by atoms with Crippen molar-refractivity contribution in [3.8, 4) is 5.75 Å². The summed E-state index contributed by atoms with van der Waals surface area (Å²) in [6.45, 7) is 2.10. The predicted molar refractivity (Wildman–Crippen MR) is 81.2 cm³/mol. The second-order valence-corrected chi connectivity index (χ2v) is 7.63. The summed E-state index contributed by atoms with van der Waals surface area (Å²) >= 11 is 0. The Labute approximate surface area is 114 Å². The molecule has 0 amide bonds. The zero-order valence-corrected chi connectivity index (χ0v) is 12.0. The zero-order valence-electron chi connectivity index (χ0n) is 11.1. The van der Waals surface area contributed by atoms with Gasteiger partial charge in [-0.2, -0.15) is 0 Å². The Balaban J connectivity index is 2.46. The highest BCUT2D eigenvalue weighted by molar-refractivity contribution is 7.78. The standard InChI is InChI=1S/C16H19O2P/c1-2-3-13-19(18,15-7-5-4-6-8-15)16-11-9-14(17)10-12-16/h4-12,17H,2-3,13H2,1H3. The van der Waals surface area contributed by atoms with Gasteiger partial charge in [0, 0.05) is 16.8 Å². The molecule has 0 fully saturated rings. The molecular weight excluding hydrogens is 255 g/mol. The molecule has 1 unspecified atom stereocenters. The number of phenolic OH excluding ortho intramolecular Hbond substituents is 1. The Kier molecular flexibility index (Phi) is 4.44. The Morgan fingerprint density at radius 1 is 0.947 bits per heavy atom. The first-order valence-electron chi connectivity index (χ1n) is 6.61. The lowest BCUT2D eigenvalue weighted by Gasteiger charge is -2.19. The van der Waals surface area contributed by atoms with Gasteiger partial charge in [0.25, 0.3) is 0 Å². The fourth-order valence-corrected chi connectivity index (χ4v) is 5.01. The van der Waals surface area contributed by atoms with E-state index in [1.165, 1.54) is 0 Å². The van der Waals surface area contributed by atoms with E-state index in [-0.39, 0.29) is 5.75 Å². The van der Waals surface area contributed by atoms with Crippen LogP contribution < -0.4 is 10.6 Å². The minimum Gasteiger partial charge on any atom is -0.508 e. The van der Waals surface area contributed by atoms with E-state index in [0.717, 1.165) is 23.5 Å². The first-order chi connectivity index (χ1) is 9.16. The fourth-order valence-electron chi connectivity index (χ4n) is 2.15. The molecule has 0 bridgehead atoms. The van der Waals surface area contributed by atoms with E-state index in [9.17, 15) is 9.67 Å². The van der Waals surface area contributed by atoms with E-state index >= 15 is 0 Å². The molecule has 2 aromatic carbocycles. The van der Waals surface area contributed by atoms with Crippen molar-refractivity contribution in [2.24, 2.45) is 0 Å². The van der Waals surface area contributed by atoms with Gasteiger partial charge in [-0.1, -0.05) is 43.7 Å². The van der Waals surface area contributed by atoms with Gasteiger partial charge in [-0.05, 0) is 30.7 Å². The number of aromatic hydroxyl groups is 1. The first-order valence-corrected chi connectivity index (χ1v) is 8.50. The van der Waals surface area contributed by atoms with Crippen LogP contribution in [-0.2, 0) is 4.57 Å². The van der Waals surface area contributed by atoms with Crippen LogP contribution in [0, 0.1) is 0 Å². The van der Waals surface area contributed by atoms with Crippen LogP contribution in [0.5, 0.6) is 5.75 Å². The average molecular weight is 274 g/mol. The fraction of sp³-hybridized carbons (Fsp3) is 0.250. The van der Waals surface area contributed by atoms with Crippen LogP contribution in [0.4, 0.5) is 0 Å². The van der Waals surface area contributed by atoms with Crippen molar-refractivity contribution in [1.29, 1.82) is 0 Å². The van der Waals surface area contributed by atoms with E-state index in [0.29, 0.717) is 6.16 Å². The lowest BCUT2D eigenvalue weighted by Crippen LogP contribution is -2.18. The molecule has 2 aromatic rings. The minimum absolute atomic E-state index is 0.207. The van der Waals surface area contributed by atoms with E-state index in [1.807, 2.05) is 30.3 Å². The van der Waals surface area contributed by atoms with Gasteiger partial charge in [0.05, 0.1) is 0 Å². The third-order valence-electron chi connectivity index (χ3n) is 3.27. The lowest BCUT2D eigenvalue weighted by molar-refractivity contribution is 0.475. The predicted octanol–water partition coefficient (Wildman–Crippen LogP) is 3.51. The number of unbranched alkanes of at least 4 members (excludes halogenated alkanes) is 1. The highest BCUT2D eigenvalue weighted by Crippen LogP contribution is 2.44. The molecule has 3 heteroatoms. The molecule has 1 N–H and O–H groups in total. The summed E-state index contributed by atoms with van der Waals surface area (Å²) in [5.74, 6) is 0.207. The Bertz CT molecular complexity index is 561. The summed E-state index contributed by atoms with van der Waals surface area (Å²) in [4.78, 5) is 0. The van der Waals surface area contributed by atoms with Gasteiger partial charge in [-0.25, -0.2) is 0 Å². The van der Waals surface area contributed by atoms with Crippen molar-refractivity contribution in [3.05, 3.63) is 54.6 Å². The van der Waals surface area contributed by atoms with Gasteiger partial charge in [0.1, 0.15) is 12.9 Å². The smallest absolute Gasteiger partial charge is 0.143 e. The van der Waals surface area contributed by atoms with Crippen molar-refractivity contribution < 1.29 is 9.67 Å². The second-order valence-electron chi connectivity index (χ2n) is 4.67. The molecule has 0 radical (unpaired) electrons. The monoisotopic (exact) mass is 274 g/mol. The van der Waals surface area contributed by atoms with Gasteiger partial charge < -0.3 is 9.67 Å². The molecule has 19 heavy (non-hydrogen) atoms. The van der Waals surface area contributed by atoms with Crippen LogP contribution in [0.15, 0.2) is 54.6 Å². The molecule has 0 aliphatic carbocycles. The van der Waals surface area contributed by atoms with E-state index in [2.05, 4.69) is 6.92 Å². The summed E-state index contributed by atoms with van der Waals surface area (Å²) < 4.78 is 13.4. The molecule has 0 saturated carbocycles. The highest BCUT2D eigenvalue weighted by atomic mass is 31.2. The maximum atomic E-state index is 13.4. The summed E-state index contributed by atoms with van der Waals surface area (Å²) in [5.41, 5.74) is 0. The van der Waals surface area contributed by atoms with Crippen molar-refractivity contribution in [3.63, 3.8) is 0 Å². The van der Waals surface area contributed by atoms with Crippen LogP contribution in [0.2, 0.25) is 0 Å². The molecule has 100 valence electrons. The molecule has 0 heterocycles. The molecule has 0 aromatic heterocycles. The van der Waals surface area contributed by atoms with Crippen LogP contribution in [0.3, 0.4) is 0 Å². The highest BCUT2D eigenvalue weighted by Gasteiger charge is 2.26. The molecule has 0 aliphatic rings. The lowest BCUT2D eigenvalue weighted by atomic mass is 10.3. The zero-order chi connectivity index (χ0) is 13.7. The number of hydrogen-bond acceptors (Lipinski definition) is 2. The van der Waals surface area contributed by atoms with Crippen molar-refractivity contribution in [2.75, 3.05) is 6.16 Å². The Hall–Kier alpha value is -1.53. The molecule has 2 nitrogen and oxygen atoms in total. The SMILES string of the molecule is CCCCP(=O)(c1ccccc1)c1ccc(O)cc1. The van der Waals surface area contributed by atoms with Gasteiger partial charge >= 0.3 is 0 Å². The molecule has 0 spiro atoms. The normalized spacial score (nSPS) is 13.9. The summed E-state index contributed by atoms with van der Waals surface area (Å²) in [7, 11) is -2.57. The number of benzene rings is 2. The second kappa shape index (κ2) is 6.08. The third-order valence-corrected chi connectivity index (χ3v) is 6.48. The number of hydrogen-bond donors (Lipinski definition) is 1. The minimum atomic E-state index is -2.57. The van der Waals surface area contributed by atoms with Gasteiger partial charge in [-0.3, -0.25) is 0 Å². The number of rotatable bonds is 5. The van der Waals surface area contributed by atoms with E-state index < -0.39 is 7.14 Å². The van der Waals surface area contributed by atoms with Crippen molar-refractivity contribution in [2.45, 2.75) is 19.8 Å². The van der Waals surface area contributed by atoms with Crippen LogP contribution in [0.1, 0.15) is 19.8 Å².